The fourth-order valence-electron chi connectivity index (χ4n) is 2.71. The Morgan fingerprint density at radius 3 is 2.72 bits per heavy atom. The summed E-state index contributed by atoms with van der Waals surface area (Å²) >= 11 is 11.2. The number of aromatic amines is 1. The van der Waals surface area contributed by atoms with Crippen LogP contribution in [0.5, 0.6) is 5.75 Å². The molecule has 4 aromatic rings. The summed E-state index contributed by atoms with van der Waals surface area (Å²) in [7, 11) is 0. The van der Waals surface area contributed by atoms with Crippen LogP contribution in [0.1, 0.15) is 16.3 Å². The first-order chi connectivity index (χ1) is 14.0. The number of nitrogens with one attached hydrogen (secondary N) is 2. The topological polar surface area (TPSA) is 89.3 Å². The van der Waals surface area contributed by atoms with Crippen LogP contribution in [0.3, 0.4) is 0 Å². The molecule has 0 unspecified atom stereocenters. The minimum absolute atomic E-state index is 0.0113. The van der Waals surface area contributed by atoms with Crippen molar-refractivity contribution >= 4 is 40.6 Å². The zero-order chi connectivity index (χ0) is 20.4. The van der Waals surface area contributed by atoms with Crippen LogP contribution in [-0.2, 0) is 6.61 Å². The van der Waals surface area contributed by atoms with Gasteiger partial charge in [-0.05, 0) is 48.6 Å². The number of hydrogen-bond acceptors (Lipinski definition) is 5. The number of furan rings is 1. The standard InChI is InChI=1S/C20H14ClN3O4S/c21-14-6-2-4-8-16(14)27-11-12-9-10-17(28-12)18(25)23-24-19(26)13-5-1-3-7-15(13)22-20(24)29/h1-10H,11H2,(H,22,29)(H,23,25). The lowest BCUT2D eigenvalue weighted by molar-refractivity contribution is 0.0976. The lowest BCUT2D eigenvalue weighted by Gasteiger charge is -2.08. The van der Waals surface area contributed by atoms with Crippen LogP contribution in [0.25, 0.3) is 10.9 Å². The monoisotopic (exact) mass is 427 g/mol. The number of carbonyl (C=O) groups excluding carboxylic acids is 1. The molecule has 2 heterocycles. The van der Waals surface area contributed by atoms with E-state index in [1.54, 1.807) is 54.6 Å². The number of amides is 1. The number of fused-ring (bicyclic) bond motifs is 1. The number of rotatable bonds is 5. The van der Waals surface area contributed by atoms with Crippen molar-refractivity contribution < 1.29 is 13.9 Å². The van der Waals surface area contributed by atoms with Gasteiger partial charge in [0, 0.05) is 0 Å². The smallest absolute Gasteiger partial charge is 0.305 e. The summed E-state index contributed by atoms with van der Waals surface area (Å²) in [6.07, 6.45) is 0. The second-order valence-electron chi connectivity index (χ2n) is 6.04. The maximum atomic E-state index is 12.6. The zero-order valence-electron chi connectivity index (χ0n) is 14.8. The Balaban J connectivity index is 1.51. The van der Waals surface area contributed by atoms with E-state index in [0.717, 1.165) is 4.68 Å². The summed E-state index contributed by atoms with van der Waals surface area (Å²) in [5.74, 6) is 0.319. The number of para-hydroxylation sites is 2. The molecule has 0 bridgehead atoms. The molecule has 0 spiro atoms. The van der Waals surface area contributed by atoms with Gasteiger partial charge in [-0.3, -0.25) is 15.0 Å². The first-order valence-electron chi connectivity index (χ1n) is 8.54. The lowest BCUT2D eigenvalue weighted by atomic mass is 10.2. The van der Waals surface area contributed by atoms with Crippen LogP contribution >= 0.6 is 23.8 Å². The third-order valence-electron chi connectivity index (χ3n) is 4.11. The van der Waals surface area contributed by atoms with Gasteiger partial charge in [-0.15, -0.1) is 0 Å². The van der Waals surface area contributed by atoms with Crippen molar-refractivity contribution in [2.24, 2.45) is 0 Å². The normalized spacial score (nSPS) is 10.8. The molecular formula is C20H14ClN3O4S. The minimum Gasteiger partial charge on any atom is -0.484 e. The first-order valence-corrected chi connectivity index (χ1v) is 9.33. The Morgan fingerprint density at radius 2 is 1.90 bits per heavy atom. The SMILES string of the molecule is O=C(Nn1c(=S)[nH]c2ccccc2c1=O)c1ccc(COc2ccccc2Cl)o1. The van der Waals surface area contributed by atoms with Crippen molar-refractivity contribution in [1.29, 1.82) is 0 Å². The summed E-state index contributed by atoms with van der Waals surface area (Å²) < 4.78 is 12.1. The van der Waals surface area contributed by atoms with Crippen molar-refractivity contribution in [1.82, 2.24) is 9.66 Å². The van der Waals surface area contributed by atoms with Crippen molar-refractivity contribution in [3.63, 3.8) is 0 Å². The average molecular weight is 428 g/mol. The van der Waals surface area contributed by atoms with Crippen molar-refractivity contribution in [3.05, 3.63) is 92.3 Å². The van der Waals surface area contributed by atoms with Crippen molar-refractivity contribution in [3.8, 4) is 5.75 Å². The van der Waals surface area contributed by atoms with Gasteiger partial charge < -0.3 is 14.1 Å². The number of aromatic nitrogens is 2. The lowest BCUT2D eigenvalue weighted by Crippen LogP contribution is -2.34. The van der Waals surface area contributed by atoms with Gasteiger partial charge in [-0.1, -0.05) is 35.9 Å². The molecule has 1 amide bonds. The fourth-order valence-corrected chi connectivity index (χ4v) is 3.14. The highest BCUT2D eigenvalue weighted by molar-refractivity contribution is 7.71. The van der Waals surface area contributed by atoms with Gasteiger partial charge in [0.05, 0.1) is 15.9 Å². The summed E-state index contributed by atoms with van der Waals surface area (Å²) in [6, 6.07) is 17.0. The molecule has 0 aliphatic rings. The maximum absolute atomic E-state index is 12.6. The molecule has 0 radical (unpaired) electrons. The highest BCUT2D eigenvalue weighted by atomic mass is 35.5. The Hall–Kier alpha value is -3.36. The van der Waals surface area contributed by atoms with Crippen LogP contribution in [0.15, 0.2) is 69.9 Å². The molecule has 0 atom stereocenters. The molecular weight excluding hydrogens is 414 g/mol. The van der Waals surface area contributed by atoms with E-state index in [1.165, 1.54) is 6.07 Å². The number of H-pyrrole nitrogens is 1. The summed E-state index contributed by atoms with van der Waals surface area (Å²) in [5, 5.41) is 0.872. The molecule has 0 aliphatic carbocycles. The second-order valence-corrected chi connectivity index (χ2v) is 6.84. The van der Waals surface area contributed by atoms with E-state index in [4.69, 9.17) is 33.0 Å². The zero-order valence-corrected chi connectivity index (χ0v) is 16.4. The minimum atomic E-state index is -0.620. The third-order valence-corrected chi connectivity index (χ3v) is 4.71. The average Bonchev–Trinajstić information content (AvgIpc) is 3.19. The largest absolute Gasteiger partial charge is 0.484 e. The van der Waals surface area contributed by atoms with E-state index >= 15 is 0 Å². The van der Waals surface area contributed by atoms with E-state index in [0.29, 0.717) is 27.4 Å². The van der Waals surface area contributed by atoms with Gasteiger partial charge in [-0.25, -0.2) is 0 Å². The number of hydrogen-bond donors (Lipinski definition) is 2. The van der Waals surface area contributed by atoms with Gasteiger partial charge in [0.2, 0.25) is 0 Å². The molecule has 2 aromatic carbocycles. The molecule has 0 fully saturated rings. The van der Waals surface area contributed by atoms with Gasteiger partial charge in [0.25, 0.3) is 5.56 Å². The molecule has 2 aromatic heterocycles. The molecule has 2 N–H and O–H groups in total. The predicted octanol–water partition coefficient (Wildman–Crippen LogP) is 4.27. The molecule has 146 valence electrons. The fraction of sp³-hybridized carbons (Fsp3) is 0.0500. The van der Waals surface area contributed by atoms with E-state index < -0.39 is 11.5 Å². The summed E-state index contributed by atoms with van der Waals surface area (Å²) in [4.78, 5) is 28.0. The Morgan fingerprint density at radius 1 is 1.14 bits per heavy atom. The highest BCUT2D eigenvalue weighted by Gasteiger charge is 2.15. The second kappa shape index (κ2) is 7.94. The van der Waals surface area contributed by atoms with Crippen molar-refractivity contribution in [2.75, 3.05) is 5.43 Å². The Labute approximate surface area is 174 Å². The number of halogens is 1. The molecule has 9 heteroatoms. The van der Waals surface area contributed by atoms with Crippen LogP contribution < -0.4 is 15.7 Å². The maximum Gasteiger partial charge on any atom is 0.305 e. The molecule has 4 rings (SSSR count). The highest BCUT2D eigenvalue weighted by Crippen LogP contribution is 2.24. The number of ether oxygens (including phenoxy) is 1. The molecule has 7 nitrogen and oxygen atoms in total. The first kappa shape index (κ1) is 19.0. The van der Waals surface area contributed by atoms with E-state index in [2.05, 4.69) is 10.4 Å². The van der Waals surface area contributed by atoms with Crippen LogP contribution in [-0.4, -0.2) is 15.6 Å². The summed E-state index contributed by atoms with van der Waals surface area (Å²) in [6.45, 7) is 0.0903. The van der Waals surface area contributed by atoms with E-state index in [9.17, 15) is 9.59 Å². The molecule has 0 aliphatic heterocycles. The molecule has 0 saturated heterocycles. The van der Waals surface area contributed by atoms with Gasteiger partial charge in [-0.2, -0.15) is 4.68 Å². The Bertz CT molecular complexity index is 1330. The van der Waals surface area contributed by atoms with Gasteiger partial charge in [0.1, 0.15) is 18.1 Å². The van der Waals surface area contributed by atoms with E-state index in [-0.39, 0.29) is 17.1 Å². The number of carbonyl (C=O) groups is 1. The van der Waals surface area contributed by atoms with Gasteiger partial charge >= 0.3 is 5.91 Å². The number of nitrogens with zero attached hydrogens (tertiary/aromatic N) is 1. The van der Waals surface area contributed by atoms with E-state index in [1.807, 2.05) is 0 Å². The molecule has 29 heavy (non-hydrogen) atoms. The van der Waals surface area contributed by atoms with Crippen LogP contribution in [0, 0.1) is 4.77 Å². The quantitative estimate of drug-likeness (QED) is 0.464. The Kier molecular flexibility index (Phi) is 5.20. The third kappa shape index (κ3) is 3.94. The van der Waals surface area contributed by atoms with Gasteiger partial charge in [0.15, 0.2) is 10.5 Å². The number of benzene rings is 2. The summed E-state index contributed by atoms with van der Waals surface area (Å²) in [5.41, 5.74) is 2.61. The van der Waals surface area contributed by atoms with Crippen LogP contribution in [0.4, 0.5) is 0 Å². The predicted molar refractivity (Wildman–Crippen MR) is 112 cm³/mol. The molecule has 0 saturated carbocycles. The van der Waals surface area contributed by atoms with Crippen LogP contribution in [0.2, 0.25) is 5.02 Å². The van der Waals surface area contributed by atoms with Crippen molar-refractivity contribution in [2.45, 2.75) is 6.61 Å².